The van der Waals surface area contributed by atoms with Gasteiger partial charge in [-0.15, -0.1) is 23.2 Å². The highest BCUT2D eigenvalue weighted by Gasteiger charge is 2.68. The first-order chi connectivity index (χ1) is 8.82. The molecule has 0 aromatic heterocycles. The van der Waals surface area contributed by atoms with Crippen molar-refractivity contribution in [2.45, 2.75) is 61.7 Å². The van der Waals surface area contributed by atoms with Crippen LogP contribution in [0.15, 0.2) is 0 Å². The van der Waals surface area contributed by atoms with Gasteiger partial charge >= 0.3 is 0 Å². The minimum atomic E-state index is -0.848. The summed E-state index contributed by atoms with van der Waals surface area (Å²) in [5.74, 6) is 2.61. The molecule has 1 amide bonds. The Balaban J connectivity index is 1.53. The molecule has 0 spiro atoms. The average Bonchev–Trinajstić information content (AvgIpc) is 2.76. The van der Waals surface area contributed by atoms with E-state index in [0.29, 0.717) is 6.42 Å². The summed E-state index contributed by atoms with van der Waals surface area (Å²) < 4.78 is -0.848. The highest BCUT2D eigenvalue weighted by atomic mass is 35.5. The molecule has 19 heavy (non-hydrogen) atoms. The number of nitrogens with one attached hydrogen (secondary N) is 1. The van der Waals surface area contributed by atoms with Crippen LogP contribution in [0.4, 0.5) is 0 Å². The third-order valence-electron chi connectivity index (χ3n) is 6.18. The zero-order valence-corrected chi connectivity index (χ0v) is 12.9. The highest BCUT2D eigenvalue weighted by molar-refractivity contribution is 6.53. The summed E-state index contributed by atoms with van der Waals surface area (Å²) in [6, 6.07) is 0. The summed E-state index contributed by atoms with van der Waals surface area (Å²) in [6.07, 6.45) is 8.29. The molecule has 4 heteroatoms. The molecule has 0 heterocycles. The number of hydrogen-bond acceptors (Lipinski definition) is 1. The van der Waals surface area contributed by atoms with Crippen molar-refractivity contribution in [1.29, 1.82) is 0 Å². The van der Waals surface area contributed by atoms with Crippen LogP contribution in [-0.2, 0) is 4.79 Å². The Kier molecular flexibility index (Phi) is 2.43. The highest BCUT2D eigenvalue weighted by Crippen LogP contribution is 2.64. The molecule has 0 saturated heterocycles. The number of alkyl halides is 2. The van der Waals surface area contributed by atoms with Crippen molar-refractivity contribution >= 4 is 29.1 Å². The average molecular weight is 302 g/mol. The van der Waals surface area contributed by atoms with Crippen molar-refractivity contribution in [3.05, 3.63) is 0 Å². The van der Waals surface area contributed by atoms with E-state index in [-0.39, 0.29) is 11.4 Å². The smallest absolute Gasteiger partial charge is 0.229 e. The van der Waals surface area contributed by atoms with Gasteiger partial charge in [-0.25, -0.2) is 0 Å². The van der Waals surface area contributed by atoms with Gasteiger partial charge in [-0.1, -0.05) is 0 Å². The molecule has 5 fully saturated rings. The second-order valence-corrected chi connectivity index (χ2v) is 9.35. The topological polar surface area (TPSA) is 29.1 Å². The van der Waals surface area contributed by atoms with Gasteiger partial charge in [-0.2, -0.15) is 0 Å². The van der Waals surface area contributed by atoms with Crippen LogP contribution in [0.2, 0.25) is 0 Å². The monoisotopic (exact) mass is 301 g/mol. The molecule has 106 valence electrons. The second-order valence-electron chi connectivity index (χ2n) is 7.87. The van der Waals surface area contributed by atoms with E-state index in [2.05, 4.69) is 5.32 Å². The van der Waals surface area contributed by atoms with Crippen molar-refractivity contribution in [3.63, 3.8) is 0 Å². The number of carbonyl (C=O) groups is 1. The third-order valence-corrected chi connectivity index (χ3v) is 7.28. The van der Waals surface area contributed by atoms with Gasteiger partial charge < -0.3 is 5.32 Å². The van der Waals surface area contributed by atoms with Crippen molar-refractivity contribution in [3.8, 4) is 0 Å². The van der Waals surface area contributed by atoms with Gasteiger partial charge in [0.1, 0.15) is 4.33 Å². The zero-order chi connectivity index (χ0) is 13.5. The maximum atomic E-state index is 12.5. The fourth-order valence-electron chi connectivity index (χ4n) is 5.29. The molecular formula is C15H21Cl2NO. The van der Waals surface area contributed by atoms with E-state index in [1.54, 1.807) is 0 Å². The minimum Gasteiger partial charge on any atom is -0.350 e. The van der Waals surface area contributed by atoms with Crippen LogP contribution in [0.1, 0.15) is 51.9 Å². The van der Waals surface area contributed by atoms with Crippen LogP contribution >= 0.6 is 23.2 Å². The first-order valence-electron chi connectivity index (χ1n) is 7.52. The summed E-state index contributed by atoms with van der Waals surface area (Å²) in [4.78, 5) is 12.5. The fourth-order valence-corrected chi connectivity index (χ4v) is 5.99. The SMILES string of the molecule is C[C@]1(C(=O)NC23CC4CC(CC(C4)C2)C3)CC1(Cl)Cl. The molecular weight excluding hydrogens is 281 g/mol. The Labute approximate surface area is 124 Å². The van der Waals surface area contributed by atoms with Gasteiger partial charge in [-0.3, -0.25) is 4.79 Å². The largest absolute Gasteiger partial charge is 0.350 e. The normalized spacial score (nSPS) is 53.1. The second kappa shape index (κ2) is 3.62. The first-order valence-corrected chi connectivity index (χ1v) is 8.28. The molecule has 5 saturated carbocycles. The fraction of sp³-hybridized carbons (Fsp3) is 0.933. The number of hydrogen-bond donors (Lipinski definition) is 1. The van der Waals surface area contributed by atoms with E-state index in [1.807, 2.05) is 6.92 Å². The predicted octanol–water partition coefficient (Wildman–Crippen LogP) is 3.66. The number of amides is 1. The van der Waals surface area contributed by atoms with Crippen LogP contribution in [0.5, 0.6) is 0 Å². The molecule has 5 aliphatic rings. The lowest BCUT2D eigenvalue weighted by Crippen LogP contribution is -2.61. The zero-order valence-electron chi connectivity index (χ0n) is 11.3. The molecule has 0 aromatic rings. The van der Waals surface area contributed by atoms with Crippen LogP contribution in [0.25, 0.3) is 0 Å². The van der Waals surface area contributed by atoms with Crippen LogP contribution in [0.3, 0.4) is 0 Å². The lowest BCUT2D eigenvalue weighted by Gasteiger charge is -2.57. The number of carbonyl (C=O) groups excluding carboxylic acids is 1. The molecule has 2 nitrogen and oxygen atoms in total. The molecule has 0 unspecified atom stereocenters. The maximum Gasteiger partial charge on any atom is 0.229 e. The van der Waals surface area contributed by atoms with Gasteiger partial charge in [0, 0.05) is 5.54 Å². The molecule has 5 rings (SSSR count). The van der Waals surface area contributed by atoms with Gasteiger partial charge in [0.2, 0.25) is 5.91 Å². The lowest BCUT2D eigenvalue weighted by molar-refractivity contribution is -0.131. The summed E-state index contributed by atoms with van der Waals surface area (Å²) in [5, 5.41) is 3.37. The van der Waals surface area contributed by atoms with E-state index in [1.165, 1.54) is 38.5 Å². The summed E-state index contributed by atoms with van der Waals surface area (Å²) >= 11 is 12.3. The Morgan fingerprint density at radius 3 is 1.84 bits per heavy atom. The van der Waals surface area contributed by atoms with Crippen molar-refractivity contribution in [2.75, 3.05) is 0 Å². The van der Waals surface area contributed by atoms with Crippen LogP contribution in [-0.4, -0.2) is 15.8 Å². The summed E-state index contributed by atoms with van der Waals surface area (Å²) in [6.45, 7) is 1.89. The van der Waals surface area contributed by atoms with Gasteiger partial charge in [-0.05, 0) is 69.6 Å². The molecule has 0 aliphatic heterocycles. The van der Waals surface area contributed by atoms with Crippen LogP contribution < -0.4 is 5.32 Å². The lowest BCUT2D eigenvalue weighted by atomic mass is 9.53. The summed E-state index contributed by atoms with van der Waals surface area (Å²) in [5.41, 5.74) is -0.499. The van der Waals surface area contributed by atoms with E-state index < -0.39 is 9.75 Å². The molecule has 4 bridgehead atoms. The predicted molar refractivity (Wildman–Crippen MR) is 76.2 cm³/mol. The molecule has 0 radical (unpaired) electrons. The maximum absolute atomic E-state index is 12.5. The quantitative estimate of drug-likeness (QED) is 0.775. The van der Waals surface area contributed by atoms with E-state index in [0.717, 1.165) is 17.8 Å². The van der Waals surface area contributed by atoms with Crippen molar-refractivity contribution in [1.82, 2.24) is 5.32 Å². The Bertz CT molecular complexity index is 412. The van der Waals surface area contributed by atoms with Crippen LogP contribution in [0, 0.1) is 23.2 Å². The van der Waals surface area contributed by atoms with Crippen molar-refractivity contribution in [2.24, 2.45) is 23.2 Å². The molecule has 1 N–H and O–H groups in total. The van der Waals surface area contributed by atoms with Gasteiger partial charge in [0.05, 0.1) is 5.41 Å². The molecule has 5 aliphatic carbocycles. The van der Waals surface area contributed by atoms with Gasteiger partial charge in [0.15, 0.2) is 0 Å². The van der Waals surface area contributed by atoms with Crippen molar-refractivity contribution < 1.29 is 4.79 Å². The first kappa shape index (κ1) is 12.8. The Morgan fingerprint density at radius 1 is 1.05 bits per heavy atom. The minimum absolute atomic E-state index is 0.0707. The number of halogens is 2. The standard InChI is InChI=1S/C15H21Cl2NO/c1-13(8-15(13,16)17)12(19)18-14-5-9-2-10(6-14)4-11(3-9)7-14/h9-11H,2-8H2,1H3,(H,18,19)/t9?,10?,11?,13-,14?/m1/s1. The van der Waals surface area contributed by atoms with E-state index >= 15 is 0 Å². The Hall–Kier alpha value is 0.0500. The van der Waals surface area contributed by atoms with E-state index in [9.17, 15) is 4.79 Å². The number of rotatable bonds is 2. The Morgan fingerprint density at radius 2 is 1.47 bits per heavy atom. The molecule has 0 aromatic carbocycles. The van der Waals surface area contributed by atoms with E-state index in [4.69, 9.17) is 23.2 Å². The third kappa shape index (κ3) is 1.78. The summed E-state index contributed by atoms with van der Waals surface area (Å²) in [7, 11) is 0. The van der Waals surface area contributed by atoms with Gasteiger partial charge in [0.25, 0.3) is 0 Å². The molecule has 1 atom stereocenters.